The van der Waals surface area contributed by atoms with Gasteiger partial charge in [-0.15, -0.1) is 0 Å². The zero-order chi connectivity index (χ0) is 23.1. The molecule has 1 aliphatic heterocycles. The number of carbonyl (C=O) groups is 4. The van der Waals surface area contributed by atoms with Gasteiger partial charge in [0.2, 0.25) is 23.6 Å². The van der Waals surface area contributed by atoms with Gasteiger partial charge in [-0.3, -0.25) is 19.2 Å². The van der Waals surface area contributed by atoms with Crippen molar-refractivity contribution in [2.45, 2.75) is 38.3 Å². The van der Waals surface area contributed by atoms with Gasteiger partial charge in [0.05, 0.1) is 0 Å². The van der Waals surface area contributed by atoms with E-state index in [9.17, 15) is 19.2 Å². The fourth-order valence-electron chi connectivity index (χ4n) is 3.95. The van der Waals surface area contributed by atoms with E-state index in [1.807, 2.05) is 36.4 Å². The summed E-state index contributed by atoms with van der Waals surface area (Å²) in [5.74, 6) is -1.65. The summed E-state index contributed by atoms with van der Waals surface area (Å²) in [5, 5.41) is 2.78. The number of nitrogens with one attached hydrogen (secondary N) is 1. The monoisotopic (exact) mass is 436 g/mol. The molecule has 0 aromatic heterocycles. The van der Waals surface area contributed by atoms with Gasteiger partial charge < -0.3 is 20.9 Å². The molecule has 0 aliphatic carbocycles. The maximum Gasteiger partial charge on any atom is 0.246 e. The van der Waals surface area contributed by atoms with Crippen LogP contribution in [0.25, 0.3) is 0 Å². The Morgan fingerprint density at radius 2 is 1.69 bits per heavy atom. The summed E-state index contributed by atoms with van der Waals surface area (Å²) < 4.78 is 0. The van der Waals surface area contributed by atoms with E-state index >= 15 is 0 Å². The number of benzene rings is 2. The van der Waals surface area contributed by atoms with E-state index in [0.717, 1.165) is 5.56 Å². The third-order valence-electron chi connectivity index (χ3n) is 5.53. The predicted molar refractivity (Wildman–Crippen MR) is 120 cm³/mol. The molecule has 0 bridgehead atoms. The number of amides is 4. The average molecular weight is 437 g/mol. The Hall–Kier alpha value is -3.68. The van der Waals surface area contributed by atoms with Gasteiger partial charge in [0.15, 0.2) is 0 Å². The van der Waals surface area contributed by atoms with Crippen molar-refractivity contribution in [3.63, 3.8) is 0 Å². The smallest absolute Gasteiger partial charge is 0.246 e. The van der Waals surface area contributed by atoms with Crippen LogP contribution < -0.4 is 16.0 Å². The number of carbonyl (C=O) groups excluding carboxylic acids is 4. The Balaban J connectivity index is 1.78. The van der Waals surface area contributed by atoms with Gasteiger partial charge in [-0.25, -0.2) is 0 Å². The van der Waals surface area contributed by atoms with E-state index in [0.29, 0.717) is 25.1 Å². The predicted octanol–water partition coefficient (Wildman–Crippen LogP) is 1.24. The van der Waals surface area contributed by atoms with Gasteiger partial charge in [0.1, 0.15) is 18.6 Å². The fourth-order valence-corrected chi connectivity index (χ4v) is 3.95. The molecular weight excluding hydrogens is 408 g/mol. The Morgan fingerprint density at radius 3 is 2.28 bits per heavy atom. The van der Waals surface area contributed by atoms with Crippen LogP contribution in [-0.2, 0) is 25.6 Å². The van der Waals surface area contributed by atoms with Crippen LogP contribution in [0.3, 0.4) is 0 Å². The highest BCUT2D eigenvalue weighted by Crippen LogP contribution is 2.19. The number of hydrogen-bond donors (Lipinski definition) is 2. The molecule has 1 fully saturated rings. The lowest BCUT2D eigenvalue weighted by atomic mass is 10.0. The van der Waals surface area contributed by atoms with Crippen molar-refractivity contribution in [1.82, 2.24) is 10.2 Å². The van der Waals surface area contributed by atoms with Crippen LogP contribution in [0, 0.1) is 0 Å². The topological polar surface area (TPSA) is 113 Å². The molecule has 1 heterocycles. The normalized spacial score (nSPS) is 16.3. The van der Waals surface area contributed by atoms with Gasteiger partial charge in [-0.05, 0) is 30.5 Å². The van der Waals surface area contributed by atoms with Crippen molar-refractivity contribution in [3.8, 4) is 0 Å². The summed E-state index contributed by atoms with van der Waals surface area (Å²) in [4.78, 5) is 52.9. The molecule has 0 radical (unpaired) electrons. The second-order valence-electron chi connectivity index (χ2n) is 7.84. The summed E-state index contributed by atoms with van der Waals surface area (Å²) in [7, 11) is 0. The van der Waals surface area contributed by atoms with E-state index in [1.165, 1.54) is 16.7 Å². The van der Waals surface area contributed by atoms with Crippen molar-refractivity contribution in [2.24, 2.45) is 5.73 Å². The molecule has 0 unspecified atom stereocenters. The fraction of sp³-hybridized carbons (Fsp3) is 0.333. The molecule has 32 heavy (non-hydrogen) atoms. The summed E-state index contributed by atoms with van der Waals surface area (Å²) in [6, 6.07) is 16.6. The Morgan fingerprint density at radius 1 is 1.06 bits per heavy atom. The molecule has 3 N–H and O–H groups in total. The average Bonchev–Trinajstić information content (AvgIpc) is 3.28. The number of para-hydroxylation sites is 1. The number of rotatable bonds is 8. The molecule has 8 heteroatoms. The molecule has 1 aliphatic rings. The molecule has 0 saturated carbocycles. The second kappa shape index (κ2) is 10.6. The molecule has 2 aromatic rings. The van der Waals surface area contributed by atoms with Crippen LogP contribution in [0.2, 0.25) is 0 Å². The van der Waals surface area contributed by atoms with Crippen molar-refractivity contribution in [3.05, 3.63) is 66.2 Å². The number of nitrogens with zero attached hydrogens (tertiary/aromatic N) is 2. The number of nitrogens with two attached hydrogens (primary N) is 1. The Bertz CT molecular complexity index is 964. The summed E-state index contributed by atoms with van der Waals surface area (Å²) in [5.41, 5.74) is 6.94. The third kappa shape index (κ3) is 5.72. The van der Waals surface area contributed by atoms with Gasteiger partial charge in [0, 0.05) is 25.6 Å². The quantitative estimate of drug-likeness (QED) is 0.648. The lowest BCUT2D eigenvalue weighted by molar-refractivity contribution is -0.140. The second-order valence-corrected chi connectivity index (χ2v) is 7.84. The Labute approximate surface area is 187 Å². The van der Waals surface area contributed by atoms with Crippen LogP contribution in [-0.4, -0.2) is 53.7 Å². The van der Waals surface area contributed by atoms with Gasteiger partial charge in [-0.2, -0.15) is 0 Å². The summed E-state index contributed by atoms with van der Waals surface area (Å²) in [6.07, 6.45) is 1.45. The minimum absolute atomic E-state index is 0.225. The number of hydrogen-bond acceptors (Lipinski definition) is 4. The van der Waals surface area contributed by atoms with Gasteiger partial charge >= 0.3 is 0 Å². The highest BCUT2D eigenvalue weighted by molar-refractivity contribution is 5.99. The van der Waals surface area contributed by atoms with E-state index in [2.05, 4.69) is 5.32 Å². The Kier molecular flexibility index (Phi) is 7.59. The van der Waals surface area contributed by atoms with Crippen molar-refractivity contribution < 1.29 is 19.2 Å². The maximum atomic E-state index is 13.3. The SMILES string of the molecule is CC(=O)N(CC(=O)N[C@@H](Cc1ccccc1)C(=O)N1CCC[C@H]1C(N)=O)c1ccccc1. The minimum Gasteiger partial charge on any atom is -0.368 e. The van der Waals surface area contributed by atoms with Gasteiger partial charge in [0.25, 0.3) is 0 Å². The maximum absolute atomic E-state index is 13.3. The number of anilines is 1. The molecule has 2 atom stereocenters. The zero-order valence-electron chi connectivity index (χ0n) is 18.1. The molecule has 168 valence electrons. The standard InChI is InChI=1S/C24H28N4O4/c1-17(29)28(19-11-6-3-7-12-19)16-22(30)26-20(15-18-9-4-2-5-10-18)24(32)27-14-8-13-21(27)23(25)31/h2-7,9-12,20-21H,8,13-16H2,1H3,(H2,25,31)(H,26,30)/t20-,21-/m0/s1. The highest BCUT2D eigenvalue weighted by Gasteiger charge is 2.36. The lowest BCUT2D eigenvalue weighted by Crippen LogP contribution is -2.55. The molecule has 0 spiro atoms. The first kappa shape index (κ1) is 23.0. The minimum atomic E-state index is -0.880. The first-order chi connectivity index (χ1) is 15.4. The van der Waals surface area contributed by atoms with Crippen LogP contribution in [0.4, 0.5) is 5.69 Å². The van der Waals surface area contributed by atoms with Crippen molar-refractivity contribution in [1.29, 1.82) is 0 Å². The highest BCUT2D eigenvalue weighted by atomic mass is 16.2. The van der Waals surface area contributed by atoms with E-state index in [4.69, 9.17) is 5.73 Å². The largest absolute Gasteiger partial charge is 0.368 e. The molecule has 1 saturated heterocycles. The van der Waals surface area contributed by atoms with Crippen LogP contribution in [0.5, 0.6) is 0 Å². The van der Waals surface area contributed by atoms with Gasteiger partial charge in [-0.1, -0.05) is 48.5 Å². The first-order valence-corrected chi connectivity index (χ1v) is 10.6. The molecule has 3 rings (SSSR count). The molecule has 4 amide bonds. The van der Waals surface area contributed by atoms with Crippen LogP contribution >= 0.6 is 0 Å². The zero-order valence-corrected chi connectivity index (χ0v) is 18.1. The first-order valence-electron chi connectivity index (χ1n) is 10.6. The van der Waals surface area contributed by atoms with Crippen molar-refractivity contribution >= 4 is 29.3 Å². The molecule has 2 aromatic carbocycles. The van der Waals surface area contributed by atoms with Crippen LogP contribution in [0.1, 0.15) is 25.3 Å². The number of primary amides is 1. The van der Waals surface area contributed by atoms with E-state index < -0.39 is 23.9 Å². The molecular formula is C24H28N4O4. The lowest BCUT2D eigenvalue weighted by Gasteiger charge is -2.29. The van der Waals surface area contributed by atoms with E-state index in [-0.39, 0.29) is 24.8 Å². The molecule has 8 nitrogen and oxygen atoms in total. The summed E-state index contributed by atoms with van der Waals surface area (Å²) in [6.45, 7) is 1.57. The third-order valence-corrected chi connectivity index (χ3v) is 5.53. The number of likely N-dealkylation sites (tertiary alicyclic amines) is 1. The summed E-state index contributed by atoms with van der Waals surface area (Å²) >= 11 is 0. The van der Waals surface area contributed by atoms with Crippen LogP contribution in [0.15, 0.2) is 60.7 Å². The van der Waals surface area contributed by atoms with E-state index in [1.54, 1.807) is 24.3 Å². The van der Waals surface area contributed by atoms with Crippen molar-refractivity contribution in [2.75, 3.05) is 18.0 Å².